The van der Waals surface area contributed by atoms with E-state index in [1.165, 1.54) is 5.56 Å². The molecule has 1 N–H and O–H groups in total. The number of nitrogens with one attached hydrogen (secondary N) is 1. The van der Waals surface area contributed by atoms with Crippen LogP contribution >= 0.6 is 0 Å². The lowest BCUT2D eigenvalue weighted by Crippen LogP contribution is -2.29. The van der Waals surface area contributed by atoms with Gasteiger partial charge in [0.2, 0.25) is 0 Å². The molecular formula is C26H33N5O2. The van der Waals surface area contributed by atoms with Crippen LogP contribution in [-0.4, -0.2) is 58.9 Å². The Morgan fingerprint density at radius 1 is 1.06 bits per heavy atom. The third-order valence-corrected chi connectivity index (χ3v) is 6.43. The quantitative estimate of drug-likeness (QED) is 0.545. The number of fused-ring (bicyclic) bond motifs is 1. The van der Waals surface area contributed by atoms with Gasteiger partial charge in [-0.3, -0.25) is 4.79 Å². The van der Waals surface area contributed by atoms with Crippen molar-refractivity contribution in [2.75, 3.05) is 33.3 Å². The highest BCUT2D eigenvalue weighted by atomic mass is 16.5. The maximum Gasteiger partial charge on any atom is 0.251 e. The number of ether oxygens (including phenoxy) is 1. The molecule has 0 aliphatic carbocycles. The molecule has 7 nitrogen and oxygen atoms in total. The fraction of sp³-hybridized carbons (Fsp3) is 0.423. The molecule has 33 heavy (non-hydrogen) atoms. The zero-order chi connectivity index (χ0) is 23.0. The van der Waals surface area contributed by atoms with Crippen LogP contribution in [0.25, 0.3) is 0 Å². The van der Waals surface area contributed by atoms with Crippen molar-refractivity contribution in [1.82, 2.24) is 25.0 Å². The summed E-state index contributed by atoms with van der Waals surface area (Å²) in [6, 6.07) is 17.9. The molecule has 7 heteroatoms. The predicted molar refractivity (Wildman–Crippen MR) is 129 cm³/mol. The van der Waals surface area contributed by atoms with Gasteiger partial charge in [0, 0.05) is 44.6 Å². The van der Waals surface area contributed by atoms with Gasteiger partial charge in [0.15, 0.2) is 0 Å². The number of aromatic nitrogens is 3. The number of benzene rings is 2. The Kier molecular flexibility index (Phi) is 7.73. The molecule has 4 rings (SSSR count). The second-order valence-electron chi connectivity index (χ2n) is 8.61. The Bertz CT molecular complexity index is 1030. The zero-order valence-corrected chi connectivity index (χ0v) is 19.5. The van der Waals surface area contributed by atoms with Gasteiger partial charge >= 0.3 is 0 Å². The normalized spacial score (nSPS) is 14.8. The van der Waals surface area contributed by atoms with E-state index in [4.69, 9.17) is 4.74 Å². The van der Waals surface area contributed by atoms with E-state index >= 15 is 0 Å². The molecule has 2 aromatic carbocycles. The monoisotopic (exact) mass is 447 g/mol. The van der Waals surface area contributed by atoms with E-state index in [2.05, 4.69) is 62.2 Å². The van der Waals surface area contributed by atoms with E-state index < -0.39 is 0 Å². The van der Waals surface area contributed by atoms with Gasteiger partial charge in [-0.25, -0.2) is 0 Å². The number of rotatable bonds is 9. The highest BCUT2D eigenvalue weighted by Crippen LogP contribution is 2.19. The summed E-state index contributed by atoms with van der Waals surface area (Å²) in [5.74, 6) is 3.19. The number of nitrogens with zero attached hydrogens (tertiary/aromatic N) is 4. The first-order chi connectivity index (χ1) is 16.1. The highest BCUT2D eigenvalue weighted by Gasteiger charge is 2.19. The van der Waals surface area contributed by atoms with E-state index in [-0.39, 0.29) is 5.91 Å². The molecule has 0 saturated carbocycles. The molecule has 0 fully saturated rings. The van der Waals surface area contributed by atoms with Gasteiger partial charge in [0.1, 0.15) is 17.4 Å². The molecule has 174 valence electrons. The SMILES string of the molecule is COc1ccc(C(=O)NCCc2nnc3n2CCN(CCC(C)c2ccccc2)CC3)cc1. The predicted octanol–water partition coefficient (Wildman–Crippen LogP) is 3.31. The summed E-state index contributed by atoms with van der Waals surface area (Å²) in [4.78, 5) is 14.9. The molecule has 1 amide bonds. The molecule has 1 atom stereocenters. The summed E-state index contributed by atoms with van der Waals surface area (Å²) >= 11 is 0. The van der Waals surface area contributed by atoms with E-state index in [0.717, 1.165) is 56.4 Å². The van der Waals surface area contributed by atoms with Gasteiger partial charge < -0.3 is 19.5 Å². The van der Waals surface area contributed by atoms with E-state index in [1.807, 2.05) is 0 Å². The van der Waals surface area contributed by atoms with Gasteiger partial charge in [0.25, 0.3) is 5.91 Å². The standard InChI is InChI=1S/C26H33N5O2/c1-20(21-6-4-3-5-7-21)13-16-30-17-14-25-29-28-24(31(25)19-18-30)12-15-27-26(32)22-8-10-23(33-2)11-9-22/h3-11,20H,12-19H2,1-2H3,(H,27,32). The van der Waals surface area contributed by atoms with E-state index in [0.29, 0.717) is 24.4 Å². The van der Waals surface area contributed by atoms with E-state index in [9.17, 15) is 4.79 Å². The van der Waals surface area contributed by atoms with Crippen LogP contribution < -0.4 is 10.1 Å². The Hall–Kier alpha value is -3.19. The minimum absolute atomic E-state index is 0.0908. The summed E-state index contributed by atoms with van der Waals surface area (Å²) in [6.07, 6.45) is 2.72. The maximum atomic E-state index is 12.4. The molecule has 2 heterocycles. The van der Waals surface area contributed by atoms with Gasteiger partial charge in [-0.05, 0) is 48.7 Å². The molecular weight excluding hydrogens is 414 g/mol. The number of methoxy groups -OCH3 is 1. The Labute approximate surface area is 195 Å². The molecule has 1 aliphatic heterocycles. The van der Waals surface area contributed by atoms with Crippen molar-refractivity contribution in [2.45, 2.75) is 38.6 Å². The zero-order valence-electron chi connectivity index (χ0n) is 19.5. The summed E-state index contributed by atoms with van der Waals surface area (Å²) in [5.41, 5.74) is 2.03. The van der Waals surface area contributed by atoms with Gasteiger partial charge in [-0.1, -0.05) is 37.3 Å². The number of carbonyl (C=O) groups excluding carboxylic acids is 1. The van der Waals surface area contributed by atoms with Crippen molar-refractivity contribution in [3.05, 3.63) is 77.4 Å². The lowest BCUT2D eigenvalue weighted by molar-refractivity contribution is 0.0954. The third kappa shape index (κ3) is 5.99. The topological polar surface area (TPSA) is 72.3 Å². The van der Waals surface area contributed by atoms with Crippen molar-refractivity contribution in [3.63, 3.8) is 0 Å². The van der Waals surface area contributed by atoms with Gasteiger partial charge in [-0.2, -0.15) is 0 Å². The Balaban J connectivity index is 1.25. The smallest absolute Gasteiger partial charge is 0.251 e. The summed E-state index contributed by atoms with van der Waals surface area (Å²) in [5, 5.41) is 11.8. The second kappa shape index (κ2) is 11.1. The van der Waals surface area contributed by atoms with Crippen LogP contribution in [0.1, 0.15) is 46.8 Å². The minimum atomic E-state index is -0.0908. The molecule has 0 saturated heterocycles. The molecule has 1 aliphatic rings. The van der Waals surface area contributed by atoms with E-state index in [1.54, 1.807) is 31.4 Å². The summed E-state index contributed by atoms with van der Waals surface area (Å²) in [7, 11) is 1.61. The van der Waals surface area contributed by atoms with Crippen molar-refractivity contribution < 1.29 is 9.53 Å². The number of hydrogen-bond acceptors (Lipinski definition) is 5. The molecule has 0 radical (unpaired) electrons. The number of hydrogen-bond donors (Lipinski definition) is 1. The largest absolute Gasteiger partial charge is 0.497 e. The van der Waals surface area contributed by atoms with Crippen molar-refractivity contribution in [3.8, 4) is 5.75 Å². The molecule has 0 bridgehead atoms. The number of amides is 1. The third-order valence-electron chi connectivity index (χ3n) is 6.43. The van der Waals surface area contributed by atoms with Crippen LogP contribution in [-0.2, 0) is 19.4 Å². The maximum absolute atomic E-state index is 12.4. The van der Waals surface area contributed by atoms with Crippen molar-refractivity contribution in [1.29, 1.82) is 0 Å². The van der Waals surface area contributed by atoms with Crippen LogP contribution in [0, 0.1) is 0 Å². The van der Waals surface area contributed by atoms with Gasteiger partial charge in [-0.15, -0.1) is 10.2 Å². The lowest BCUT2D eigenvalue weighted by Gasteiger charge is -2.22. The Morgan fingerprint density at radius 2 is 1.85 bits per heavy atom. The van der Waals surface area contributed by atoms with Crippen LogP contribution in [0.4, 0.5) is 0 Å². The van der Waals surface area contributed by atoms with Crippen molar-refractivity contribution in [2.24, 2.45) is 0 Å². The summed E-state index contributed by atoms with van der Waals surface area (Å²) < 4.78 is 7.38. The first kappa shape index (κ1) is 23.0. The number of carbonyl (C=O) groups is 1. The average Bonchev–Trinajstić information content (AvgIpc) is 3.13. The summed E-state index contributed by atoms with van der Waals surface area (Å²) in [6.45, 7) is 6.82. The van der Waals surface area contributed by atoms with Crippen LogP contribution in [0.2, 0.25) is 0 Å². The van der Waals surface area contributed by atoms with Crippen LogP contribution in [0.15, 0.2) is 54.6 Å². The van der Waals surface area contributed by atoms with Gasteiger partial charge in [0.05, 0.1) is 7.11 Å². The Morgan fingerprint density at radius 3 is 2.61 bits per heavy atom. The fourth-order valence-corrected chi connectivity index (χ4v) is 4.29. The van der Waals surface area contributed by atoms with Crippen molar-refractivity contribution >= 4 is 5.91 Å². The average molecular weight is 448 g/mol. The van der Waals surface area contributed by atoms with Crippen LogP contribution in [0.3, 0.4) is 0 Å². The molecule has 0 spiro atoms. The molecule has 3 aromatic rings. The highest BCUT2D eigenvalue weighted by molar-refractivity contribution is 5.94. The van der Waals surface area contributed by atoms with Crippen LogP contribution in [0.5, 0.6) is 5.75 Å². The molecule has 1 unspecified atom stereocenters. The lowest BCUT2D eigenvalue weighted by atomic mass is 9.98. The fourth-order valence-electron chi connectivity index (χ4n) is 4.29. The first-order valence-corrected chi connectivity index (χ1v) is 11.7. The minimum Gasteiger partial charge on any atom is -0.497 e. The second-order valence-corrected chi connectivity index (χ2v) is 8.61. The molecule has 1 aromatic heterocycles. The first-order valence-electron chi connectivity index (χ1n) is 11.7.